The van der Waals surface area contributed by atoms with Crippen LogP contribution in [-0.2, 0) is 4.79 Å². The van der Waals surface area contributed by atoms with Crippen LogP contribution in [0.4, 0.5) is 10.1 Å². The van der Waals surface area contributed by atoms with E-state index in [-0.39, 0.29) is 29.3 Å². The van der Waals surface area contributed by atoms with Gasteiger partial charge in [0, 0.05) is 24.1 Å². The number of hydrogen-bond donors (Lipinski definition) is 2. The molecule has 0 aliphatic carbocycles. The number of aromatic nitrogens is 1. The summed E-state index contributed by atoms with van der Waals surface area (Å²) in [6.07, 6.45) is 1.37. The molecule has 154 valence electrons. The number of carboxylic acids is 1. The van der Waals surface area contributed by atoms with Crippen LogP contribution in [0, 0.1) is 5.82 Å². The van der Waals surface area contributed by atoms with E-state index in [1.165, 1.54) is 31.0 Å². The molecular formula is C22H19FN2O5. The lowest BCUT2D eigenvalue weighted by atomic mass is 9.87. The SMILES string of the molecule is COc1ccc(OC)c([C@@H]2CC(=O)Nc3c(C(=O)O)cn(-c4ccccc4F)c32)c1. The third-order valence-electron chi connectivity index (χ3n) is 5.18. The van der Waals surface area contributed by atoms with Crippen molar-refractivity contribution in [1.82, 2.24) is 4.57 Å². The van der Waals surface area contributed by atoms with Crippen molar-refractivity contribution < 1.29 is 28.6 Å². The first-order chi connectivity index (χ1) is 14.4. The van der Waals surface area contributed by atoms with Crippen LogP contribution in [0.15, 0.2) is 48.7 Å². The fourth-order valence-corrected chi connectivity index (χ4v) is 3.85. The van der Waals surface area contributed by atoms with Gasteiger partial charge in [-0.15, -0.1) is 0 Å². The third-order valence-corrected chi connectivity index (χ3v) is 5.18. The number of nitrogens with one attached hydrogen (secondary N) is 1. The molecule has 0 saturated carbocycles. The van der Waals surface area contributed by atoms with Crippen molar-refractivity contribution in [3.63, 3.8) is 0 Å². The lowest BCUT2D eigenvalue weighted by Gasteiger charge is -2.27. The quantitative estimate of drug-likeness (QED) is 0.668. The molecule has 7 nitrogen and oxygen atoms in total. The van der Waals surface area contributed by atoms with Gasteiger partial charge in [0.05, 0.1) is 31.3 Å². The fraction of sp³-hybridized carbons (Fsp3) is 0.182. The highest BCUT2D eigenvalue weighted by Crippen LogP contribution is 2.45. The highest BCUT2D eigenvalue weighted by Gasteiger charge is 2.36. The van der Waals surface area contributed by atoms with Crippen molar-refractivity contribution in [3.8, 4) is 17.2 Å². The average Bonchev–Trinajstić information content (AvgIpc) is 3.12. The summed E-state index contributed by atoms with van der Waals surface area (Å²) in [7, 11) is 3.03. The number of carbonyl (C=O) groups is 2. The molecule has 0 radical (unpaired) electrons. The van der Waals surface area contributed by atoms with Crippen LogP contribution in [0.1, 0.15) is 34.0 Å². The van der Waals surface area contributed by atoms with Gasteiger partial charge < -0.3 is 24.5 Å². The van der Waals surface area contributed by atoms with Gasteiger partial charge in [0.2, 0.25) is 5.91 Å². The molecule has 2 aromatic carbocycles. The first kappa shape index (κ1) is 19.5. The van der Waals surface area contributed by atoms with Gasteiger partial charge in [0.25, 0.3) is 0 Å². The van der Waals surface area contributed by atoms with E-state index in [0.717, 1.165) is 0 Å². The maximum Gasteiger partial charge on any atom is 0.339 e. The Balaban J connectivity index is 2.02. The second-order valence-electron chi connectivity index (χ2n) is 6.84. The van der Waals surface area contributed by atoms with E-state index in [9.17, 15) is 19.1 Å². The topological polar surface area (TPSA) is 89.8 Å². The normalized spacial score (nSPS) is 15.3. The van der Waals surface area contributed by atoms with Gasteiger partial charge in [-0.25, -0.2) is 9.18 Å². The summed E-state index contributed by atoms with van der Waals surface area (Å²) in [5, 5.41) is 12.3. The van der Waals surface area contributed by atoms with Crippen molar-refractivity contribution in [2.75, 3.05) is 19.5 Å². The molecule has 8 heteroatoms. The number of carbonyl (C=O) groups excluding carboxylic acids is 1. The number of fused-ring (bicyclic) bond motifs is 1. The van der Waals surface area contributed by atoms with E-state index in [0.29, 0.717) is 22.8 Å². The number of para-hydroxylation sites is 1. The zero-order chi connectivity index (χ0) is 21.4. The Bertz CT molecular complexity index is 1150. The van der Waals surface area contributed by atoms with Crippen LogP contribution in [0.5, 0.6) is 11.5 Å². The van der Waals surface area contributed by atoms with Gasteiger partial charge in [-0.05, 0) is 30.3 Å². The molecule has 1 atom stereocenters. The second-order valence-corrected chi connectivity index (χ2v) is 6.84. The molecule has 1 aliphatic rings. The molecule has 0 unspecified atom stereocenters. The molecule has 4 rings (SSSR count). The molecule has 0 fully saturated rings. The molecule has 1 aliphatic heterocycles. The first-order valence-corrected chi connectivity index (χ1v) is 9.19. The Morgan fingerprint density at radius 3 is 2.63 bits per heavy atom. The van der Waals surface area contributed by atoms with Gasteiger partial charge in [-0.1, -0.05) is 12.1 Å². The van der Waals surface area contributed by atoms with Crippen LogP contribution in [-0.4, -0.2) is 35.8 Å². The molecular weight excluding hydrogens is 391 g/mol. The van der Waals surface area contributed by atoms with Gasteiger partial charge >= 0.3 is 5.97 Å². The number of aromatic carboxylic acids is 1. The average molecular weight is 410 g/mol. The van der Waals surface area contributed by atoms with Crippen molar-refractivity contribution in [2.24, 2.45) is 0 Å². The standard InChI is InChI=1S/C22H19FN2O5/c1-29-12-7-8-18(30-2)13(9-12)14-10-19(26)24-20-15(22(27)28)11-25(21(14)20)17-6-4-3-5-16(17)23/h3-9,11,14H,10H2,1-2H3,(H,24,26)(H,27,28)/t14-/m0/s1. The zero-order valence-corrected chi connectivity index (χ0v) is 16.3. The van der Waals surface area contributed by atoms with Gasteiger partial charge in [0.1, 0.15) is 22.9 Å². The molecule has 1 aromatic heterocycles. The lowest BCUT2D eigenvalue weighted by molar-refractivity contribution is -0.116. The van der Waals surface area contributed by atoms with Gasteiger partial charge in [-0.3, -0.25) is 4.79 Å². The third kappa shape index (κ3) is 3.16. The summed E-state index contributed by atoms with van der Waals surface area (Å²) in [5.74, 6) is -1.58. The Kier molecular flexibility index (Phi) is 4.91. The van der Waals surface area contributed by atoms with Crippen molar-refractivity contribution >= 4 is 17.6 Å². The zero-order valence-electron chi connectivity index (χ0n) is 16.3. The number of amides is 1. The van der Waals surface area contributed by atoms with Gasteiger partial charge in [0.15, 0.2) is 0 Å². The summed E-state index contributed by atoms with van der Waals surface area (Å²) in [6, 6.07) is 11.2. The molecule has 1 amide bonds. The Hall–Kier alpha value is -3.81. The summed E-state index contributed by atoms with van der Waals surface area (Å²) in [5.41, 5.74) is 1.32. The molecule has 2 N–H and O–H groups in total. The van der Waals surface area contributed by atoms with Crippen LogP contribution < -0.4 is 14.8 Å². The Labute approximate surface area is 171 Å². The first-order valence-electron chi connectivity index (χ1n) is 9.19. The van der Waals surface area contributed by atoms with Crippen molar-refractivity contribution in [1.29, 1.82) is 0 Å². The highest BCUT2D eigenvalue weighted by molar-refractivity contribution is 6.04. The number of nitrogens with zero attached hydrogens (tertiary/aromatic N) is 1. The number of ether oxygens (including phenoxy) is 2. The van der Waals surface area contributed by atoms with Crippen LogP contribution in [0.2, 0.25) is 0 Å². The van der Waals surface area contributed by atoms with E-state index >= 15 is 0 Å². The Morgan fingerprint density at radius 2 is 1.97 bits per heavy atom. The number of methoxy groups -OCH3 is 2. The molecule has 30 heavy (non-hydrogen) atoms. The van der Waals surface area contributed by atoms with E-state index in [1.54, 1.807) is 36.4 Å². The maximum atomic E-state index is 14.6. The minimum atomic E-state index is -1.22. The summed E-state index contributed by atoms with van der Waals surface area (Å²) in [4.78, 5) is 24.4. The smallest absolute Gasteiger partial charge is 0.339 e. The largest absolute Gasteiger partial charge is 0.497 e. The Morgan fingerprint density at radius 1 is 1.20 bits per heavy atom. The highest BCUT2D eigenvalue weighted by atomic mass is 19.1. The predicted octanol–water partition coefficient (Wildman–Crippen LogP) is 3.81. The number of hydrogen-bond acceptors (Lipinski definition) is 4. The molecule has 0 spiro atoms. The number of benzene rings is 2. The van der Waals surface area contributed by atoms with E-state index < -0.39 is 17.7 Å². The summed E-state index contributed by atoms with van der Waals surface area (Å²) in [6.45, 7) is 0. The number of halogens is 1. The molecule has 0 bridgehead atoms. The maximum absolute atomic E-state index is 14.6. The second kappa shape index (κ2) is 7.55. The number of anilines is 1. The van der Waals surface area contributed by atoms with Crippen molar-refractivity contribution in [3.05, 3.63) is 71.3 Å². The minimum Gasteiger partial charge on any atom is -0.497 e. The monoisotopic (exact) mass is 410 g/mol. The van der Waals surface area contributed by atoms with E-state index in [4.69, 9.17) is 9.47 Å². The van der Waals surface area contributed by atoms with Crippen LogP contribution in [0.3, 0.4) is 0 Å². The number of carboxylic acid groups (broad SMARTS) is 1. The van der Waals surface area contributed by atoms with Crippen LogP contribution >= 0.6 is 0 Å². The minimum absolute atomic E-state index is 0.0358. The molecule has 3 aromatic rings. The van der Waals surface area contributed by atoms with E-state index in [2.05, 4.69) is 5.32 Å². The van der Waals surface area contributed by atoms with E-state index in [1.807, 2.05) is 0 Å². The number of rotatable bonds is 5. The molecule has 2 heterocycles. The summed E-state index contributed by atoms with van der Waals surface area (Å²) >= 11 is 0. The van der Waals surface area contributed by atoms with Crippen molar-refractivity contribution in [2.45, 2.75) is 12.3 Å². The summed E-state index contributed by atoms with van der Waals surface area (Å²) < 4.78 is 26.9. The lowest BCUT2D eigenvalue weighted by Crippen LogP contribution is -2.26. The van der Waals surface area contributed by atoms with Crippen LogP contribution in [0.25, 0.3) is 5.69 Å². The fourth-order valence-electron chi connectivity index (χ4n) is 3.85. The van der Waals surface area contributed by atoms with Gasteiger partial charge in [-0.2, -0.15) is 0 Å². The molecule has 0 saturated heterocycles. The predicted molar refractivity (Wildman–Crippen MR) is 107 cm³/mol.